The number of nitrogens with zero attached hydrogens (tertiary/aromatic N) is 2. The average molecular weight is 313 g/mol. The second-order valence-corrected chi connectivity index (χ2v) is 6.08. The first-order chi connectivity index (χ1) is 10.6. The minimum atomic E-state index is 0.462. The molecular formula is C18H17ClN2O. The fourth-order valence-electron chi connectivity index (χ4n) is 2.32. The van der Waals surface area contributed by atoms with Gasteiger partial charge in [-0.15, -0.1) is 0 Å². The Labute approximate surface area is 135 Å². The van der Waals surface area contributed by atoms with Gasteiger partial charge in [0, 0.05) is 17.3 Å². The normalized spacial score (nSPS) is 11.1. The summed E-state index contributed by atoms with van der Waals surface area (Å²) in [5.74, 6) is 1.95. The molecule has 0 saturated heterocycles. The number of hydrogen-bond acceptors (Lipinski definition) is 3. The molecule has 3 nitrogen and oxygen atoms in total. The lowest BCUT2D eigenvalue weighted by molar-refractivity contribution is 0.588. The highest BCUT2D eigenvalue weighted by atomic mass is 35.5. The van der Waals surface area contributed by atoms with Gasteiger partial charge in [-0.05, 0) is 42.2 Å². The van der Waals surface area contributed by atoms with Gasteiger partial charge in [0.05, 0.1) is 6.20 Å². The highest BCUT2D eigenvalue weighted by Crippen LogP contribution is 2.26. The molecule has 2 heterocycles. The topological polar surface area (TPSA) is 38.9 Å². The summed E-state index contributed by atoms with van der Waals surface area (Å²) in [6.45, 7) is 4.43. The van der Waals surface area contributed by atoms with E-state index in [-0.39, 0.29) is 0 Å². The van der Waals surface area contributed by atoms with E-state index >= 15 is 0 Å². The van der Waals surface area contributed by atoms with Crippen molar-refractivity contribution in [1.29, 1.82) is 0 Å². The van der Waals surface area contributed by atoms with Crippen molar-refractivity contribution < 1.29 is 4.42 Å². The van der Waals surface area contributed by atoms with Crippen molar-refractivity contribution >= 4 is 11.6 Å². The van der Waals surface area contributed by atoms with E-state index in [0.717, 1.165) is 17.5 Å². The summed E-state index contributed by atoms with van der Waals surface area (Å²) in [7, 11) is 0. The van der Waals surface area contributed by atoms with Crippen molar-refractivity contribution in [2.45, 2.75) is 20.3 Å². The third-order valence-electron chi connectivity index (χ3n) is 3.36. The van der Waals surface area contributed by atoms with Crippen molar-refractivity contribution in [1.82, 2.24) is 9.97 Å². The maximum Gasteiger partial charge on any atom is 0.226 e. The molecule has 1 aromatic carbocycles. The van der Waals surface area contributed by atoms with Gasteiger partial charge < -0.3 is 4.42 Å². The largest absolute Gasteiger partial charge is 0.436 e. The van der Waals surface area contributed by atoms with Gasteiger partial charge in [0.2, 0.25) is 5.89 Å². The molecule has 0 unspecified atom stereocenters. The maximum atomic E-state index is 5.82. The molecule has 0 spiro atoms. The van der Waals surface area contributed by atoms with Crippen LogP contribution >= 0.6 is 11.6 Å². The van der Waals surface area contributed by atoms with E-state index in [2.05, 4.69) is 35.9 Å². The zero-order chi connectivity index (χ0) is 15.5. The lowest BCUT2D eigenvalue weighted by Crippen LogP contribution is -1.93. The van der Waals surface area contributed by atoms with Crippen molar-refractivity contribution in [3.63, 3.8) is 0 Å². The van der Waals surface area contributed by atoms with Gasteiger partial charge in [-0.3, -0.25) is 0 Å². The second-order valence-electron chi connectivity index (χ2n) is 5.69. The number of aromatic nitrogens is 2. The predicted molar refractivity (Wildman–Crippen MR) is 88.7 cm³/mol. The van der Waals surface area contributed by atoms with Crippen LogP contribution in [0.1, 0.15) is 19.4 Å². The molecule has 3 aromatic rings. The van der Waals surface area contributed by atoms with Crippen LogP contribution in [0.3, 0.4) is 0 Å². The molecule has 112 valence electrons. The fourth-order valence-corrected chi connectivity index (χ4v) is 2.43. The van der Waals surface area contributed by atoms with Crippen molar-refractivity contribution in [2.75, 3.05) is 0 Å². The number of pyridine rings is 1. The van der Waals surface area contributed by atoms with E-state index in [1.54, 1.807) is 18.5 Å². The van der Waals surface area contributed by atoms with Gasteiger partial charge in [-0.2, -0.15) is 0 Å². The van der Waals surface area contributed by atoms with Gasteiger partial charge in [-0.25, -0.2) is 9.97 Å². The Balaban J connectivity index is 1.82. The summed E-state index contributed by atoms with van der Waals surface area (Å²) in [4.78, 5) is 8.40. The molecule has 0 atom stereocenters. The summed E-state index contributed by atoms with van der Waals surface area (Å²) in [6.07, 6.45) is 4.47. The second kappa shape index (κ2) is 6.32. The molecule has 0 amide bonds. The molecule has 2 aromatic heterocycles. The number of oxazole rings is 1. The smallest absolute Gasteiger partial charge is 0.226 e. The zero-order valence-corrected chi connectivity index (χ0v) is 13.3. The first kappa shape index (κ1) is 14.8. The van der Waals surface area contributed by atoms with Crippen LogP contribution in [0.25, 0.3) is 22.8 Å². The minimum Gasteiger partial charge on any atom is -0.436 e. The van der Waals surface area contributed by atoms with Crippen molar-refractivity contribution in [3.05, 3.63) is 59.5 Å². The molecule has 3 rings (SSSR count). The van der Waals surface area contributed by atoms with E-state index in [1.807, 2.05) is 18.2 Å². The molecule has 22 heavy (non-hydrogen) atoms. The Kier molecular flexibility index (Phi) is 4.25. The monoisotopic (exact) mass is 312 g/mol. The molecule has 0 fully saturated rings. The number of rotatable bonds is 4. The maximum absolute atomic E-state index is 5.82. The number of halogens is 1. The predicted octanol–water partition coefficient (Wildman–Crippen LogP) is 5.26. The van der Waals surface area contributed by atoms with Crippen LogP contribution in [-0.2, 0) is 6.42 Å². The standard InChI is InChI=1S/C18H17ClN2O/c1-12(2)9-13-3-5-14(6-4-13)18-21-11-16(22-18)15-7-8-17(19)20-10-15/h3-8,10-12H,9H2,1-2H3. The highest BCUT2D eigenvalue weighted by molar-refractivity contribution is 6.29. The van der Waals surface area contributed by atoms with Crippen LogP contribution in [-0.4, -0.2) is 9.97 Å². The molecule has 0 bridgehead atoms. The van der Waals surface area contributed by atoms with Crippen LogP contribution in [0.4, 0.5) is 0 Å². The van der Waals surface area contributed by atoms with Gasteiger partial charge >= 0.3 is 0 Å². The minimum absolute atomic E-state index is 0.462. The molecule has 0 aliphatic heterocycles. The summed E-state index contributed by atoms with van der Waals surface area (Å²) in [6, 6.07) is 12.0. The summed E-state index contributed by atoms with van der Waals surface area (Å²) >= 11 is 5.79. The highest BCUT2D eigenvalue weighted by Gasteiger charge is 2.09. The van der Waals surface area contributed by atoms with Gasteiger partial charge in [0.15, 0.2) is 5.76 Å². The van der Waals surface area contributed by atoms with Gasteiger partial charge in [0.25, 0.3) is 0 Å². The first-order valence-corrected chi connectivity index (χ1v) is 7.66. The molecule has 0 aliphatic rings. The molecule has 0 aliphatic carbocycles. The Bertz CT molecular complexity index is 746. The third kappa shape index (κ3) is 3.37. The van der Waals surface area contributed by atoms with Crippen LogP contribution < -0.4 is 0 Å². The zero-order valence-electron chi connectivity index (χ0n) is 12.6. The molecule has 0 N–H and O–H groups in total. The molecular weight excluding hydrogens is 296 g/mol. The Hall–Kier alpha value is -2.13. The summed E-state index contributed by atoms with van der Waals surface area (Å²) < 4.78 is 5.82. The van der Waals surface area contributed by atoms with Crippen molar-refractivity contribution in [2.24, 2.45) is 5.92 Å². The van der Waals surface area contributed by atoms with Crippen LogP contribution in [0.2, 0.25) is 5.15 Å². The van der Waals surface area contributed by atoms with E-state index in [4.69, 9.17) is 16.0 Å². The van der Waals surface area contributed by atoms with Crippen LogP contribution in [0.15, 0.2) is 53.2 Å². The Morgan fingerprint density at radius 3 is 2.32 bits per heavy atom. The van der Waals surface area contributed by atoms with Crippen LogP contribution in [0, 0.1) is 5.92 Å². The summed E-state index contributed by atoms with van der Waals surface area (Å²) in [5.41, 5.74) is 3.16. The third-order valence-corrected chi connectivity index (χ3v) is 3.59. The van der Waals surface area contributed by atoms with E-state index in [9.17, 15) is 0 Å². The van der Waals surface area contributed by atoms with Gasteiger partial charge in [-0.1, -0.05) is 37.6 Å². The lowest BCUT2D eigenvalue weighted by atomic mass is 10.0. The van der Waals surface area contributed by atoms with E-state index < -0.39 is 0 Å². The molecule has 0 radical (unpaired) electrons. The number of benzene rings is 1. The SMILES string of the molecule is CC(C)Cc1ccc(-c2ncc(-c3ccc(Cl)nc3)o2)cc1. The van der Waals surface area contributed by atoms with Crippen LogP contribution in [0.5, 0.6) is 0 Å². The molecule has 0 saturated carbocycles. The van der Waals surface area contributed by atoms with E-state index in [0.29, 0.717) is 22.7 Å². The quantitative estimate of drug-likeness (QED) is 0.617. The Morgan fingerprint density at radius 2 is 1.68 bits per heavy atom. The summed E-state index contributed by atoms with van der Waals surface area (Å²) in [5, 5.41) is 0.462. The van der Waals surface area contributed by atoms with E-state index in [1.165, 1.54) is 5.56 Å². The Morgan fingerprint density at radius 1 is 0.955 bits per heavy atom. The van der Waals surface area contributed by atoms with Gasteiger partial charge in [0.1, 0.15) is 5.15 Å². The average Bonchev–Trinajstić information content (AvgIpc) is 2.98. The number of hydrogen-bond donors (Lipinski definition) is 0. The fraction of sp³-hybridized carbons (Fsp3) is 0.222. The van der Waals surface area contributed by atoms with Crippen molar-refractivity contribution in [3.8, 4) is 22.8 Å². The lowest BCUT2D eigenvalue weighted by Gasteiger charge is -2.05. The molecule has 4 heteroatoms. The first-order valence-electron chi connectivity index (χ1n) is 7.29.